The van der Waals surface area contributed by atoms with E-state index in [-0.39, 0.29) is 11.5 Å². The molecule has 0 heterocycles. The van der Waals surface area contributed by atoms with Crippen LogP contribution in [-0.4, -0.2) is 5.78 Å². The van der Waals surface area contributed by atoms with Crippen molar-refractivity contribution in [1.82, 2.24) is 0 Å². The third-order valence-electron chi connectivity index (χ3n) is 3.30. The first kappa shape index (κ1) is 14.3. The summed E-state index contributed by atoms with van der Waals surface area (Å²) in [6, 6.07) is 10.3. The van der Waals surface area contributed by atoms with Crippen molar-refractivity contribution in [2.45, 2.75) is 27.4 Å². The summed E-state index contributed by atoms with van der Waals surface area (Å²) in [4.78, 5) is 11.2. The summed E-state index contributed by atoms with van der Waals surface area (Å²) >= 11 is 0. The van der Waals surface area contributed by atoms with Gasteiger partial charge in [0.2, 0.25) is 0 Å². The Morgan fingerprint density at radius 3 is 2.45 bits per heavy atom. The number of aryl methyl sites for hydroxylation is 2. The summed E-state index contributed by atoms with van der Waals surface area (Å²) < 4.78 is 19.2. The Morgan fingerprint density at radius 1 is 1.10 bits per heavy atom. The Hall–Kier alpha value is -2.16. The maximum Gasteiger partial charge on any atom is 0.165 e. The molecule has 0 saturated heterocycles. The van der Waals surface area contributed by atoms with Crippen molar-refractivity contribution in [1.29, 1.82) is 0 Å². The van der Waals surface area contributed by atoms with Crippen LogP contribution in [0.2, 0.25) is 0 Å². The van der Waals surface area contributed by atoms with E-state index in [9.17, 15) is 9.18 Å². The van der Waals surface area contributed by atoms with E-state index in [4.69, 9.17) is 4.74 Å². The van der Waals surface area contributed by atoms with E-state index in [1.165, 1.54) is 30.2 Å². The van der Waals surface area contributed by atoms with Crippen LogP contribution in [0.1, 0.15) is 34.0 Å². The Bertz CT molecular complexity index is 647. The van der Waals surface area contributed by atoms with Crippen molar-refractivity contribution in [3.63, 3.8) is 0 Å². The smallest absolute Gasteiger partial charge is 0.165 e. The zero-order chi connectivity index (χ0) is 14.7. The van der Waals surface area contributed by atoms with Gasteiger partial charge in [0.1, 0.15) is 6.61 Å². The number of halogens is 1. The van der Waals surface area contributed by atoms with Crippen LogP contribution in [0.3, 0.4) is 0 Å². The minimum atomic E-state index is -0.512. The summed E-state index contributed by atoms with van der Waals surface area (Å²) in [5.74, 6) is -0.514. The van der Waals surface area contributed by atoms with Gasteiger partial charge in [-0.15, -0.1) is 0 Å². The largest absolute Gasteiger partial charge is 0.486 e. The Balaban J connectivity index is 2.10. The van der Waals surface area contributed by atoms with Crippen LogP contribution in [0.5, 0.6) is 5.75 Å². The fraction of sp³-hybridized carbons (Fsp3) is 0.235. The van der Waals surface area contributed by atoms with Gasteiger partial charge >= 0.3 is 0 Å². The van der Waals surface area contributed by atoms with Crippen LogP contribution in [0.15, 0.2) is 36.4 Å². The molecule has 0 saturated carbocycles. The average molecular weight is 272 g/mol. The SMILES string of the molecule is CC(=O)c1ccc(OCc2ccc(C)c(C)c2)c(F)c1. The lowest BCUT2D eigenvalue weighted by Crippen LogP contribution is -2.00. The first-order valence-corrected chi connectivity index (χ1v) is 6.47. The lowest BCUT2D eigenvalue weighted by atomic mass is 10.1. The third kappa shape index (κ3) is 3.23. The molecule has 0 unspecified atom stereocenters. The summed E-state index contributed by atoms with van der Waals surface area (Å²) in [5, 5.41) is 0. The van der Waals surface area contributed by atoms with Gasteiger partial charge in [-0.1, -0.05) is 18.2 Å². The number of benzene rings is 2. The molecule has 0 amide bonds. The van der Waals surface area contributed by atoms with E-state index in [0.717, 1.165) is 5.56 Å². The van der Waals surface area contributed by atoms with Crippen molar-refractivity contribution in [2.24, 2.45) is 0 Å². The number of rotatable bonds is 4. The van der Waals surface area contributed by atoms with Gasteiger partial charge in [-0.3, -0.25) is 4.79 Å². The van der Waals surface area contributed by atoms with Gasteiger partial charge < -0.3 is 4.74 Å². The van der Waals surface area contributed by atoms with E-state index >= 15 is 0 Å². The average Bonchev–Trinajstić information content (AvgIpc) is 2.41. The predicted molar refractivity (Wildman–Crippen MR) is 76.7 cm³/mol. The molecule has 0 spiro atoms. The lowest BCUT2D eigenvalue weighted by molar-refractivity contribution is 0.101. The maximum atomic E-state index is 13.8. The normalized spacial score (nSPS) is 10.4. The summed E-state index contributed by atoms with van der Waals surface area (Å²) in [7, 11) is 0. The molecule has 0 radical (unpaired) electrons. The number of hydrogen-bond donors (Lipinski definition) is 0. The van der Waals surface area contributed by atoms with Crippen molar-refractivity contribution in [2.75, 3.05) is 0 Å². The molecular formula is C17H17FO2. The Morgan fingerprint density at radius 2 is 1.85 bits per heavy atom. The van der Waals surface area contributed by atoms with Crippen LogP contribution in [0.25, 0.3) is 0 Å². The molecule has 0 aliphatic rings. The molecule has 0 aliphatic heterocycles. The molecule has 104 valence electrons. The monoisotopic (exact) mass is 272 g/mol. The topological polar surface area (TPSA) is 26.3 Å². The highest BCUT2D eigenvalue weighted by atomic mass is 19.1. The Labute approximate surface area is 118 Å². The highest BCUT2D eigenvalue weighted by Crippen LogP contribution is 2.20. The maximum absolute atomic E-state index is 13.8. The van der Waals surface area contributed by atoms with Crippen molar-refractivity contribution >= 4 is 5.78 Å². The zero-order valence-electron chi connectivity index (χ0n) is 11.9. The first-order chi connectivity index (χ1) is 9.47. The van der Waals surface area contributed by atoms with Gasteiger partial charge in [-0.05, 0) is 55.7 Å². The second-order valence-corrected chi connectivity index (χ2v) is 4.91. The van der Waals surface area contributed by atoms with E-state index in [2.05, 4.69) is 0 Å². The quantitative estimate of drug-likeness (QED) is 0.779. The zero-order valence-corrected chi connectivity index (χ0v) is 11.9. The fourth-order valence-electron chi connectivity index (χ4n) is 1.89. The molecule has 0 N–H and O–H groups in total. The van der Waals surface area contributed by atoms with Crippen molar-refractivity contribution < 1.29 is 13.9 Å². The van der Waals surface area contributed by atoms with E-state index in [1.54, 1.807) is 6.07 Å². The van der Waals surface area contributed by atoms with E-state index in [0.29, 0.717) is 12.2 Å². The molecule has 2 rings (SSSR count). The molecule has 3 heteroatoms. The van der Waals surface area contributed by atoms with E-state index < -0.39 is 5.82 Å². The molecule has 2 nitrogen and oxygen atoms in total. The molecule has 2 aromatic carbocycles. The first-order valence-electron chi connectivity index (χ1n) is 6.47. The van der Waals surface area contributed by atoms with Gasteiger partial charge in [-0.2, -0.15) is 0 Å². The van der Waals surface area contributed by atoms with Crippen LogP contribution in [0, 0.1) is 19.7 Å². The summed E-state index contributed by atoms with van der Waals surface area (Å²) in [5.41, 5.74) is 3.73. The second kappa shape index (κ2) is 5.87. The van der Waals surface area contributed by atoms with E-state index in [1.807, 2.05) is 32.0 Å². The molecule has 20 heavy (non-hydrogen) atoms. The van der Waals surface area contributed by atoms with Gasteiger partial charge in [-0.25, -0.2) is 4.39 Å². The highest BCUT2D eigenvalue weighted by molar-refractivity contribution is 5.94. The van der Waals surface area contributed by atoms with Crippen molar-refractivity contribution in [3.05, 3.63) is 64.5 Å². The number of carbonyl (C=O) groups excluding carboxylic acids is 1. The van der Waals surface area contributed by atoms with Crippen LogP contribution in [-0.2, 0) is 6.61 Å². The lowest BCUT2D eigenvalue weighted by Gasteiger charge is -2.09. The number of Topliss-reactive ketones (excluding diaryl/α,β-unsaturated/α-hetero) is 1. The number of ether oxygens (including phenoxy) is 1. The molecule has 2 aromatic rings. The standard InChI is InChI=1S/C17H17FO2/c1-11-4-5-14(8-12(11)2)10-20-17-7-6-15(13(3)19)9-16(17)18/h4-9H,10H2,1-3H3. The van der Waals surface area contributed by atoms with Gasteiger partial charge in [0, 0.05) is 5.56 Å². The molecule has 0 bridgehead atoms. The van der Waals surface area contributed by atoms with Crippen LogP contribution < -0.4 is 4.74 Å². The minimum absolute atomic E-state index is 0.160. The highest BCUT2D eigenvalue weighted by Gasteiger charge is 2.08. The van der Waals surface area contributed by atoms with Crippen LogP contribution >= 0.6 is 0 Å². The molecule has 0 aliphatic carbocycles. The fourth-order valence-corrected chi connectivity index (χ4v) is 1.89. The predicted octanol–water partition coefficient (Wildman–Crippen LogP) is 4.22. The number of hydrogen-bond acceptors (Lipinski definition) is 2. The number of carbonyl (C=O) groups is 1. The van der Waals surface area contributed by atoms with Gasteiger partial charge in [0.25, 0.3) is 0 Å². The van der Waals surface area contributed by atoms with Crippen molar-refractivity contribution in [3.8, 4) is 5.75 Å². The van der Waals surface area contributed by atoms with Gasteiger partial charge in [0.15, 0.2) is 17.3 Å². The second-order valence-electron chi connectivity index (χ2n) is 4.91. The van der Waals surface area contributed by atoms with Gasteiger partial charge in [0.05, 0.1) is 0 Å². The molecule has 0 atom stereocenters. The Kier molecular flexibility index (Phi) is 4.18. The number of ketones is 1. The molecule has 0 aromatic heterocycles. The van der Waals surface area contributed by atoms with Crippen LogP contribution in [0.4, 0.5) is 4.39 Å². The third-order valence-corrected chi connectivity index (χ3v) is 3.30. The summed E-state index contributed by atoms with van der Waals surface area (Å²) in [6.07, 6.45) is 0. The minimum Gasteiger partial charge on any atom is -0.486 e. The molecular weight excluding hydrogens is 255 g/mol. The molecule has 0 fully saturated rings. The summed E-state index contributed by atoms with van der Waals surface area (Å²) in [6.45, 7) is 5.78.